The van der Waals surface area contributed by atoms with Crippen molar-refractivity contribution in [1.29, 1.82) is 0 Å². The van der Waals surface area contributed by atoms with Gasteiger partial charge < -0.3 is 9.80 Å². The Morgan fingerprint density at radius 2 is 2.04 bits per heavy atom. The van der Waals surface area contributed by atoms with E-state index in [-0.39, 0.29) is 5.78 Å². The summed E-state index contributed by atoms with van der Waals surface area (Å²) in [5, 5.41) is 0. The largest absolute Gasteiger partial charge is 0.367 e. The molecule has 4 nitrogen and oxygen atoms in total. The first-order valence-corrected chi connectivity index (χ1v) is 10.4. The number of benzene rings is 1. The molecule has 0 saturated carbocycles. The van der Waals surface area contributed by atoms with Crippen LogP contribution < -0.4 is 4.90 Å². The highest BCUT2D eigenvalue weighted by atomic mass is 16.1. The van der Waals surface area contributed by atoms with Crippen molar-refractivity contribution in [2.75, 3.05) is 31.1 Å². The maximum atomic E-state index is 12.3. The predicted molar refractivity (Wildman–Crippen MR) is 107 cm³/mol. The molecular formula is C23H27N3O. The molecule has 1 aromatic heterocycles. The normalized spacial score (nSPS) is 23.8. The van der Waals surface area contributed by atoms with Gasteiger partial charge in [-0.05, 0) is 55.5 Å². The average molecular weight is 361 g/mol. The van der Waals surface area contributed by atoms with E-state index in [2.05, 4.69) is 33.0 Å². The number of carbonyl (C=O) groups is 1. The maximum Gasteiger partial charge on any atom is 0.163 e. The van der Waals surface area contributed by atoms with Crippen LogP contribution in [0, 0.1) is 0 Å². The topological polar surface area (TPSA) is 36.4 Å². The number of pyridine rings is 1. The molecule has 27 heavy (non-hydrogen) atoms. The Kier molecular flexibility index (Phi) is 4.44. The SMILES string of the molecule is O=C(CCCN1CC[C@@H]2[C@H](C1)c1cccc3c1N2CCC3)c1ccncc1. The summed E-state index contributed by atoms with van der Waals surface area (Å²) in [5.41, 5.74) is 5.49. The number of anilines is 1. The maximum absolute atomic E-state index is 12.3. The van der Waals surface area contributed by atoms with Crippen molar-refractivity contribution in [2.45, 2.75) is 44.1 Å². The van der Waals surface area contributed by atoms with Crippen molar-refractivity contribution in [2.24, 2.45) is 0 Å². The molecule has 1 fully saturated rings. The molecule has 4 heteroatoms. The summed E-state index contributed by atoms with van der Waals surface area (Å²) in [6.07, 6.45) is 8.73. The number of Topliss-reactive ketones (excluding diaryl/α,β-unsaturated/α-hetero) is 1. The van der Waals surface area contributed by atoms with E-state index in [1.54, 1.807) is 29.2 Å². The van der Waals surface area contributed by atoms with Crippen molar-refractivity contribution >= 4 is 11.5 Å². The summed E-state index contributed by atoms with van der Waals surface area (Å²) < 4.78 is 0. The summed E-state index contributed by atoms with van der Waals surface area (Å²) in [6.45, 7) is 4.55. The Balaban J connectivity index is 1.22. The summed E-state index contributed by atoms with van der Waals surface area (Å²) in [5.74, 6) is 0.878. The van der Waals surface area contributed by atoms with Crippen LogP contribution in [-0.2, 0) is 6.42 Å². The zero-order valence-electron chi connectivity index (χ0n) is 15.8. The highest BCUT2D eigenvalue weighted by molar-refractivity contribution is 5.95. The fourth-order valence-electron chi connectivity index (χ4n) is 5.38. The Hall–Kier alpha value is -2.20. The van der Waals surface area contributed by atoms with E-state index in [0.29, 0.717) is 18.4 Å². The van der Waals surface area contributed by atoms with Crippen molar-refractivity contribution in [3.05, 3.63) is 59.4 Å². The van der Waals surface area contributed by atoms with E-state index in [1.165, 1.54) is 25.8 Å². The molecule has 1 saturated heterocycles. The van der Waals surface area contributed by atoms with Crippen molar-refractivity contribution in [3.8, 4) is 0 Å². The zero-order chi connectivity index (χ0) is 18.2. The number of aryl methyl sites for hydroxylation is 1. The van der Waals surface area contributed by atoms with Gasteiger partial charge in [-0.15, -0.1) is 0 Å². The van der Waals surface area contributed by atoms with Gasteiger partial charge in [0.15, 0.2) is 5.78 Å². The van der Waals surface area contributed by atoms with Crippen LogP contribution in [0.25, 0.3) is 0 Å². The lowest BCUT2D eigenvalue weighted by Crippen LogP contribution is -2.47. The first-order valence-electron chi connectivity index (χ1n) is 10.4. The molecule has 140 valence electrons. The predicted octanol–water partition coefficient (Wildman–Crippen LogP) is 3.67. The summed E-state index contributed by atoms with van der Waals surface area (Å²) in [4.78, 5) is 21.6. The molecule has 3 aliphatic heterocycles. The van der Waals surface area contributed by atoms with E-state index < -0.39 is 0 Å². The van der Waals surface area contributed by atoms with Crippen LogP contribution in [0.15, 0.2) is 42.7 Å². The number of para-hydroxylation sites is 1. The number of ketones is 1. The monoisotopic (exact) mass is 361 g/mol. The van der Waals surface area contributed by atoms with E-state index in [4.69, 9.17) is 0 Å². The van der Waals surface area contributed by atoms with Crippen LogP contribution in [0.3, 0.4) is 0 Å². The number of likely N-dealkylation sites (tertiary alicyclic amines) is 1. The number of aromatic nitrogens is 1. The fourth-order valence-corrected chi connectivity index (χ4v) is 5.38. The van der Waals surface area contributed by atoms with Gasteiger partial charge in [0.1, 0.15) is 0 Å². The quantitative estimate of drug-likeness (QED) is 0.762. The van der Waals surface area contributed by atoms with Gasteiger partial charge in [-0.1, -0.05) is 18.2 Å². The van der Waals surface area contributed by atoms with Crippen molar-refractivity contribution in [3.63, 3.8) is 0 Å². The summed E-state index contributed by atoms with van der Waals surface area (Å²) >= 11 is 0. The minimum atomic E-state index is 0.236. The molecule has 2 aromatic rings. The van der Waals surface area contributed by atoms with Crippen LogP contribution in [-0.4, -0.2) is 47.9 Å². The highest BCUT2D eigenvalue weighted by Crippen LogP contribution is 2.48. The molecule has 4 heterocycles. The Morgan fingerprint density at radius 3 is 2.93 bits per heavy atom. The number of piperidine rings is 1. The minimum absolute atomic E-state index is 0.236. The second-order valence-corrected chi connectivity index (χ2v) is 8.18. The van der Waals surface area contributed by atoms with Gasteiger partial charge in [0.2, 0.25) is 0 Å². The third kappa shape index (κ3) is 3.06. The Labute approximate surface area is 161 Å². The molecule has 0 spiro atoms. The Morgan fingerprint density at radius 1 is 1.15 bits per heavy atom. The smallest absolute Gasteiger partial charge is 0.163 e. The van der Waals surface area contributed by atoms with Crippen LogP contribution in [0.5, 0.6) is 0 Å². The Bertz CT molecular complexity index is 835. The molecular weight excluding hydrogens is 334 g/mol. The van der Waals surface area contributed by atoms with E-state index in [1.807, 2.05) is 12.1 Å². The molecule has 0 radical (unpaired) electrons. The molecule has 5 rings (SSSR count). The van der Waals surface area contributed by atoms with Crippen LogP contribution in [0.2, 0.25) is 0 Å². The fraction of sp³-hybridized carbons (Fsp3) is 0.478. The van der Waals surface area contributed by atoms with Gasteiger partial charge >= 0.3 is 0 Å². The number of hydrogen-bond donors (Lipinski definition) is 0. The first-order chi connectivity index (χ1) is 13.3. The lowest BCUT2D eigenvalue weighted by Gasteiger charge is -2.40. The summed E-state index contributed by atoms with van der Waals surface area (Å²) in [7, 11) is 0. The zero-order valence-corrected chi connectivity index (χ0v) is 15.8. The molecule has 1 aromatic carbocycles. The average Bonchev–Trinajstić information content (AvgIpc) is 3.04. The summed E-state index contributed by atoms with van der Waals surface area (Å²) in [6, 6.07) is 11.3. The van der Waals surface area contributed by atoms with Gasteiger partial charge in [0.25, 0.3) is 0 Å². The van der Waals surface area contributed by atoms with Crippen LogP contribution in [0.1, 0.15) is 53.1 Å². The third-order valence-electron chi connectivity index (χ3n) is 6.62. The van der Waals surface area contributed by atoms with E-state index >= 15 is 0 Å². The molecule has 2 atom stereocenters. The van der Waals surface area contributed by atoms with Gasteiger partial charge in [-0.2, -0.15) is 0 Å². The van der Waals surface area contributed by atoms with Gasteiger partial charge in [0, 0.05) is 61.7 Å². The van der Waals surface area contributed by atoms with Gasteiger partial charge in [0.05, 0.1) is 0 Å². The third-order valence-corrected chi connectivity index (χ3v) is 6.62. The molecule has 0 amide bonds. The van der Waals surface area contributed by atoms with E-state index in [9.17, 15) is 4.79 Å². The van der Waals surface area contributed by atoms with Gasteiger partial charge in [-0.25, -0.2) is 0 Å². The second-order valence-electron chi connectivity index (χ2n) is 8.18. The van der Waals surface area contributed by atoms with Gasteiger partial charge in [-0.3, -0.25) is 9.78 Å². The number of rotatable bonds is 5. The lowest BCUT2D eigenvalue weighted by molar-refractivity contribution is 0.0971. The standard InChI is InChI=1S/C23H27N3O/c27-22(17-8-11-24-12-9-17)7-3-13-25-15-10-21-20(16-25)19-6-1-4-18-5-2-14-26(21)23(18)19/h1,4,6,8-9,11-12,20-21H,2-3,5,7,10,13-16H2/t20-,21-/m1/s1. The number of carbonyl (C=O) groups excluding carboxylic acids is 1. The molecule has 0 bridgehead atoms. The first kappa shape index (κ1) is 16.9. The molecule has 0 N–H and O–H groups in total. The van der Waals surface area contributed by atoms with Crippen LogP contribution in [0.4, 0.5) is 5.69 Å². The molecule has 3 aliphatic rings. The van der Waals surface area contributed by atoms with E-state index in [0.717, 1.165) is 31.6 Å². The lowest BCUT2D eigenvalue weighted by atomic mass is 9.88. The number of hydrogen-bond acceptors (Lipinski definition) is 4. The number of nitrogens with zero attached hydrogens (tertiary/aromatic N) is 3. The minimum Gasteiger partial charge on any atom is -0.367 e. The van der Waals surface area contributed by atoms with Crippen molar-refractivity contribution < 1.29 is 4.79 Å². The highest BCUT2D eigenvalue weighted by Gasteiger charge is 2.43. The second kappa shape index (κ2) is 7.08. The van der Waals surface area contributed by atoms with Crippen LogP contribution >= 0.6 is 0 Å². The molecule has 0 unspecified atom stereocenters. The molecule has 0 aliphatic carbocycles. The van der Waals surface area contributed by atoms with Crippen molar-refractivity contribution in [1.82, 2.24) is 9.88 Å². The number of fused-ring (bicyclic) bond motifs is 3.